The summed E-state index contributed by atoms with van der Waals surface area (Å²) in [4.78, 5) is 11.2. The first kappa shape index (κ1) is 17.1. The molecule has 0 N–H and O–H groups in total. The van der Waals surface area contributed by atoms with Crippen molar-refractivity contribution in [1.29, 1.82) is 0 Å². The molecule has 0 amide bonds. The Labute approximate surface area is 143 Å². The van der Waals surface area contributed by atoms with Crippen molar-refractivity contribution >= 4 is 55.8 Å². The minimum atomic E-state index is -3.97. The van der Waals surface area contributed by atoms with Crippen LogP contribution in [0.3, 0.4) is 0 Å². The van der Waals surface area contributed by atoms with Gasteiger partial charge in [0.1, 0.15) is 6.54 Å². The summed E-state index contributed by atoms with van der Waals surface area (Å²) >= 11 is 17.0. The lowest BCUT2D eigenvalue weighted by Gasteiger charge is -2.23. The van der Waals surface area contributed by atoms with E-state index in [9.17, 15) is 13.2 Å². The topological polar surface area (TPSA) is 54.5 Å². The SMILES string of the molecule is O=C(Cl)CN(c1cccc(Cl)c1)S(=O)(=O)c1ccc(Cl)cc1. The minimum Gasteiger partial charge on any atom is -0.279 e. The number of hydrogen-bond donors (Lipinski definition) is 0. The third-order valence-electron chi connectivity index (χ3n) is 2.77. The molecule has 2 aromatic carbocycles. The summed E-state index contributed by atoms with van der Waals surface area (Å²) in [6, 6.07) is 11.8. The molecule has 0 atom stereocenters. The first-order valence-corrected chi connectivity index (χ1v) is 8.60. The van der Waals surface area contributed by atoms with Gasteiger partial charge in [-0.05, 0) is 54.1 Å². The highest BCUT2D eigenvalue weighted by Gasteiger charge is 2.26. The summed E-state index contributed by atoms with van der Waals surface area (Å²) in [5.41, 5.74) is 0.247. The summed E-state index contributed by atoms with van der Waals surface area (Å²) < 4.78 is 26.3. The van der Waals surface area contributed by atoms with Crippen LogP contribution in [0.25, 0.3) is 0 Å². The molecule has 2 aromatic rings. The average Bonchev–Trinajstić information content (AvgIpc) is 2.45. The van der Waals surface area contributed by atoms with Crippen molar-refractivity contribution in [2.75, 3.05) is 10.8 Å². The molecule has 0 spiro atoms. The lowest BCUT2D eigenvalue weighted by atomic mass is 10.3. The molecular weight excluding hydrogens is 369 g/mol. The molecule has 0 saturated carbocycles. The van der Waals surface area contributed by atoms with E-state index < -0.39 is 21.8 Å². The van der Waals surface area contributed by atoms with Crippen molar-refractivity contribution in [3.05, 3.63) is 58.6 Å². The maximum Gasteiger partial charge on any atom is 0.264 e. The zero-order valence-corrected chi connectivity index (χ0v) is 14.1. The maximum absolute atomic E-state index is 12.7. The van der Waals surface area contributed by atoms with Crippen molar-refractivity contribution < 1.29 is 13.2 Å². The van der Waals surface area contributed by atoms with E-state index in [1.807, 2.05) is 0 Å². The van der Waals surface area contributed by atoms with Gasteiger partial charge in [0, 0.05) is 10.0 Å². The third-order valence-corrected chi connectivity index (χ3v) is 5.16. The van der Waals surface area contributed by atoms with Crippen molar-refractivity contribution in [1.82, 2.24) is 0 Å². The van der Waals surface area contributed by atoms with Crippen LogP contribution in [-0.4, -0.2) is 20.2 Å². The van der Waals surface area contributed by atoms with Crippen LogP contribution in [0.4, 0.5) is 5.69 Å². The van der Waals surface area contributed by atoms with Gasteiger partial charge in [-0.15, -0.1) is 0 Å². The van der Waals surface area contributed by atoms with Gasteiger partial charge in [-0.3, -0.25) is 9.10 Å². The number of sulfonamides is 1. The molecule has 0 unspecified atom stereocenters. The number of rotatable bonds is 5. The van der Waals surface area contributed by atoms with Gasteiger partial charge in [0.15, 0.2) is 0 Å². The van der Waals surface area contributed by atoms with Gasteiger partial charge in [-0.1, -0.05) is 29.3 Å². The molecule has 0 aliphatic rings. The number of hydrogen-bond acceptors (Lipinski definition) is 3. The maximum atomic E-state index is 12.7. The summed E-state index contributed by atoms with van der Waals surface area (Å²) in [5, 5.41) is -0.0602. The lowest BCUT2D eigenvalue weighted by molar-refractivity contribution is -0.110. The summed E-state index contributed by atoms with van der Waals surface area (Å²) in [5.74, 6) is 0. The van der Waals surface area contributed by atoms with E-state index in [0.717, 1.165) is 4.31 Å². The van der Waals surface area contributed by atoms with Gasteiger partial charge in [0.05, 0.1) is 10.6 Å². The predicted octanol–water partition coefficient (Wildman–Crippen LogP) is 3.95. The molecule has 0 fully saturated rings. The molecule has 8 heteroatoms. The molecule has 116 valence electrons. The van der Waals surface area contributed by atoms with Gasteiger partial charge in [-0.25, -0.2) is 8.42 Å². The fourth-order valence-corrected chi connectivity index (χ4v) is 3.71. The Kier molecular flexibility index (Phi) is 5.34. The van der Waals surface area contributed by atoms with E-state index in [1.165, 1.54) is 36.4 Å². The second kappa shape index (κ2) is 6.87. The molecule has 4 nitrogen and oxygen atoms in total. The van der Waals surface area contributed by atoms with Crippen LogP contribution in [0.5, 0.6) is 0 Å². The van der Waals surface area contributed by atoms with E-state index in [-0.39, 0.29) is 10.6 Å². The van der Waals surface area contributed by atoms with Crippen LogP contribution in [0.15, 0.2) is 53.4 Å². The molecule has 0 radical (unpaired) electrons. The Hall–Kier alpha value is -1.27. The third kappa shape index (κ3) is 3.93. The van der Waals surface area contributed by atoms with Gasteiger partial charge < -0.3 is 0 Å². The number of nitrogens with zero attached hydrogens (tertiary/aromatic N) is 1. The zero-order valence-electron chi connectivity index (χ0n) is 11.0. The Morgan fingerprint density at radius 3 is 2.18 bits per heavy atom. The average molecular weight is 379 g/mol. The second-order valence-corrected chi connectivity index (χ2v) is 7.46. The van der Waals surface area contributed by atoms with Crippen molar-refractivity contribution in [3.8, 4) is 0 Å². The summed E-state index contributed by atoms with van der Waals surface area (Å²) in [6.07, 6.45) is 0. The Bertz CT molecular complexity index is 791. The van der Waals surface area contributed by atoms with Crippen LogP contribution in [0, 0.1) is 0 Å². The van der Waals surface area contributed by atoms with E-state index in [2.05, 4.69) is 0 Å². The molecule has 2 rings (SSSR count). The van der Waals surface area contributed by atoms with Gasteiger partial charge in [-0.2, -0.15) is 0 Å². The quantitative estimate of drug-likeness (QED) is 0.740. The molecular formula is C14H10Cl3NO3S. The van der Waals surface area contributed by atoms with E-state index >= 15 is 0 Å². The molecule has 0 bridgehead atoms. The van der Waals surface area contributed by atoms with Crippen molar-refractivity contribution in [2.45, 2.75) is 4.90 Å². The first-order valence-electron chi connectivity index (χ1n) is 6.03. The normalized spacial score (nSPS) is 11.2. The number of carbonyl (C=O) groups excluding carboxylic acids is 1. The van der Waals surface area contributed by atoms with Gasteiger partial charge in [0.25, 0.3) is 10.0 Å². The standard InChI is InChI=1S/C14H10Cl3NO3S/c15-10-4-6-13(7-5-10)22(20,21)18(9-14(17)19)12-3-1-2-11(16)8-12/h1-8H,9H2. The summed E-state index contributed by atoms with van der Waals surface area (Å²) in [7, 11) is -3.97. The van der Waals surface area contributed by atoms with Crippen LogP contribution in [0.1, 0.15) is 0 Å². The number of benzene rings is 2. The molecule has 0 heterocycles. The molecule has 0 aliphatic carbocycles. The lowest BCUT2D eigenvalue weighted by Crippen LogP contribution is -2.34. The number of halogens is 3. The Morgan fingerprint density at radius 2 is 1.64 bits per heavy atom. The van der Waals surface area contributed by atoms with E-state index in [1.54, 1.807) is 12.1 Å². The van der Waals surface area contributed by atoms with Crippen LogP contribution >= 0.6 is 34.8 Å². The highest BCUT2D eigenvalue weighted by molar-refractivity contribution is 7.92. The number of carbonyl (C=O) groups is 1. The molecule has 0 saturated heterocycles. The Morgan fingerprint density at radius 1 is 1.00 bits per heavy atom. The highest BCUT2D eigenvalue weighted by Crippen LogP contribution is 2.26. The van der Waals surface area contributed by atoms with Crippen LogP contribution in [-0.2, 0) is 14.8 Å². The Balaban J connectivity index is 2.53. The molecule has 0 aromatic heterocycles. The van der Waals surface area contributed by atoms with Gasteiger partial charge in [0.2, 0.25) is 5.24 Å². The zero-order chi connectivity index (χ0) is 16.3. The monoisotopic (exact) mass is 377 g/mol. The highest BCUT2D eigenvalue weighted by atomic mass is 35.5. The molecule has 22 heavy (non-hydrogen) atoms. The first-order chi connectivity index (χ1) is 10.3. The van der Waals surface area contributed by atoms with Crippen LogP contribution < -0.4 is 4.31 Å². The molecule has 0 aliphatic heterocycles. The van der Waals surface area contributed by atoms with Crippen molar-refractivity contribution in [3.63, 3.8) is 0 Å². The fourth-order valence-electron chi connectivity index (χ4n) is 1.79. The van der Waals surface area contributed by atoms with Crippen molar-refractivity contribution in [2.24, 2.45) is 0 Å². The largest absolute Gasteiger partial charge is 0.279 e. The smallest absolute Gasteiger partial charge is 0.264 e. The fraction of sp³-hybridized carbons (Fsp3) is 0.0714. The van der Waals surface area contributed by atoms with E-state index in [4.69, 9.17) is 34.8 Å². The van der Waals surface area contributed by atoms with E-state index in [0.29, 0.717) is 10.0 Å². The summed E-state index contributed by atoms with van der Waals surface area (Å²) in [6.45, 7) is -0.507. The minimum absolute atomic E-state index is 0.00482. The van der Waals surface area contributed by atoms with Crippen LogP contribution in [0.2, 0.25) is 10.0 Å². The predicted molar refractivity (Wildman–Crippen MR) is 88.3 cm³/mol. The second-order valence-electron chi connectivity index (χ2n) is 4.30. The van der Waals surface area contributed by atoms with Gasteiger partial charge >= 0.3 is 0 Å². The number of anilines is 1.